The quantitative estimate of drug-likeness (QED) is 0.691. The average molecular weight is 362 g/mol. The van der Waals surface area contributed by atoms with Gasteiger partial charge in [0.05, 0.1) is 5.69 Å². The number of rotatable bonds is 5. The van der Waals surface area contributed by atoms with Crippen molar-refractivity contribution >= 4 is 0 Å². The van der Waals surface area contributed by atoms with Gasteiger partial charge in [0.1, 0.15) is 5.82 Å². The molecule has 2 atom stereocenters. The molecule has 0 unspecified atom stereocenters. The van der Waals surface area contributed by atoms with E-state index in [0.717, 1.165) is 35.7 Å². The van der Waals surface area contributed by atoms with Crippen LogP contribution in [0, 0.1) is 19.7 Å². The summed E-state index contributed by atoms with van der Waals surface area (Å²) in [5.74, 6) is 0.987. The first-order chi connectivity index (χ1) is 13.1. The standard InChI is InChI=1S/C22H23FN4/c1-15-22(16(2)27(26-15)21-5-3-4-12-24-21)18-8-11-20(13-18)25-14-17-6-9-19(23)10-7-17/h3-12,18,20,25H,13-14H2,1-2H3/t18-,20+/m0/s1. The Kier molecular flexibility index (Phi) is 4.86. The normalized spacial score (nSPS) is 18.9. The van der Waals surface area contributed by atoms with Crippen molar-refractivity contribution < 1.29 is 4.39 Å². The first-order valence-electron chi connectivity index (χ1n) is 9.25. The summed E-state index contributed by atoms with van der Waals surface area (Å²) >= 11 is 0. The fourth-order valence-corrected chi connectivity index (χ4v) is 3.81. The van der Waals surface area contributed by atoms with Crippen molar-refractivity contribution in [2.24, 2.45) is 0 Å². The fraction of sp³-hybridized carbons (Fsp3) is 0.273. The predicted molar refractivity (Wildman–Crippen MR) is 104 cm³/mol. The van der Waals surface area contributed by atoms with Gasteiger partial charge in [-0.2, -0.15) is 5.10 Å². The number of allylic oxidation sites excluding steroid dienone is 1. The van der Waals surface area contributed by atoms with Crippen LogP contribution in [0.3, 0.4) is 0 Å². The lowest BCUT2D eigenvalue weighted by atomic mass is 9.96. The van der Waals surface area contributed by atoms with Crippen molar-refractivity contribution in [1.82, 2.24) is 20.1 Å². The second kappa shape index (κ2) is 7.45. The predicted octanol–water partition coefficient (Wildman–Crippen LogP) is 4.23. The van der Waals surface area contributed by atoms with Gasteiger partial charge in [-0.3, -0.25) is 0 Å². The molecule has 5 heteroatoms. The van der Waals surface area contributed by atoms with Crippen LogP contribution in [0.4, 0.5) is 4.39 Å². The van der Waals surface area contributed by atoms with Gasteiger partial charge in [-0.05, 0) is 50.1 Å². The van der Waals surface area contributed by atoms with Gasteiger partial charge in [-0.15, -0.1) is 0 Å². The number of halogens is 1. The van der Waals surface area contributed by atoms with Crippen LogP contribution in [0.5, 0.6) is 0 Å². The second-order valence-electron chi connectivity index (χ2n) is 7.03. The molecule has 0 spiro atoms. The van der Waals surface area contributed by atoms with Crippen molar-refractivity contribution in [3.8, 4) is 5.82 Å². The molecule has 1 aliphatic rings. The smallest absolute Gasteiger partial charge is 0.153 e. The first kappa shape index (κ1) is 17.6. The highest BCUT2D eigenvalue weighted by Gasteiger charge is 2.26. The summed E-state index contributed by atoms with van der Waals surface area (Å²) in [6.45, 7) is 4.90. The minimum atomic E-state index is -0.199. The number of aromatic nitrogens is 3. The number of pyridine rings is 1. The molecular weight excluding hydrogens is 339 g/mol. The summed E-state index contributed by atoms with van der Waals surface area (Å²) in [7, 11) is 0. The van der Waals surface area contributed by atoms with E-state index in [2.05, 4.69) is 36.3 Å². The van der Waals surface area contributed by atoms with Gasteiger partial charge >= 0.3 is 0 Å². The molecule has 27 heavy (non-hydrogen) atoms. The molecule has 2 aromatic heterocycles. The maximum absolute atomic E-state index is 13.0. The highest BCUT2D eigenvalue weighted by Crippen LogP contribution is 2.33. The van der Waals surface area contributed by atoms with Gasteiger partial charge in [-0.25, -0.2) is 14.1 Å². The largest absolute Gasteiger partial charge is 0.306 e. The highest BCUT2D eigenvalue weighted by atomic mass is 19.1. The molecule has 1 aromatic carbocycles. The molecule has 0 saturated heterocycles. The molecule has 3 aromatic rings. The third-order valence-corrected chi connectivity index (χ3v) is 5.15. The zero-order valence-electron chi connectivity index (χ0n) is 15.6. The first-order valence-corrected chi connectivity index (χ1v) is 9.25. The molecule has 4 nitrogen and oxygen atoms in total. The summed E-state index contributed by atoms with van der Waals surface area (Å²) in [5.41, 5.74) is 4.55. The third-order valence-electron chi connectivity index (χ3n) is 5.15. The molecule has 0 amide bonds. The van der Waals surface area contributed by atoms with Crippen LogP contribution in [-0.4, -0.2) is 20.8 Å². The minimum absolute atomic E-state index is 0.199. The van der Waals surface area contributed by atoms with E-state index in [4.69, 9.17) is 5.10 Å². The molecule has 0 radical (unpaired) electrons. The minimum Gasteiger partial charge on any atom is -0.306 e. The van der Waals surface area contributed by atoms with Crippen molar-refractivity contribution in [1.29, 1.82) is 0 Å². The lowest BCUT2D eigenvalue weighted by Crippen LogP contribution is -2.25. The van der Waals surface area contributed by atoms with Gasteiger partial charge in [0.2, 0.25) is 0 Å². The molecule has 0 saturated carbocycles. The Bertz CT molecular complexity index is 944. The SMILES string of the molecule is Cc1nn(-c2ccccn2)c(C)c1[C@H]1C=C[C@@H](NCc2ccc(F)cc2)C1. The van der Waals surface area contributed by atoms with E-state index in [1.54, 1.807) is 6.20 Å². The molecule has 1 aliphatic carbocycles. The monoisotopic (exact) mass is 362 g/mol. The lowest BCUT2D eigenvalue weighted by Gasteiger charge is -2.15. The molecule has 0 bridgehead atoms. The van der Waals surface area contributed by atoms with Crippen molar-refractivity contribution in [3.05, 3.63) is 89.1 Å². The maximum atomic E-state index is 13.0. The lowest BCUT2D eigenvalue weighted by molar-refractivity contribution is 0.558. The number of aryl methyl sites for hydroxylation is 1. The van der Waals surface area contributed by atoms with E-state index < -0.39 is 0 Å². The van der Waals surface area contributed by atoms with Crippen molar-refractivity contribution in [2.75, 3.05) is 0 Å². The van der Waals surface area contributed by atoms with E-state index in [-0.39, 0.29) is 5.82 Å². The van der Waals surface area contributed by atoms with Gasteiger partial charge < -0.3 is 5.32 Å². The molecule has 0 fully saturated rings. The van der Waals surface area contributed by atoms with Crippen LogP contribution in [0.25, 0.3) is 5.82 Å². The summed E-state index contributed by atoms with van der Waals surface area (Å²) in [5, 5.41) is 8.26. The Morgan fingerprint density at radius 1 is 1.11 bits per heavy atom. The molecule has 0 aliphatic heterocycles. The summed E-state index contributed by atoms with van der Waals surface area (Å²) in [6.07, 6.45) is 7.28. The van der Waals surface area contributed by atoms with E-state index in [9.17, 15) is 4.39 Å². The molecular formula is C22H23FN4. The zero-order valence-corrected chi connectivity index (χ0v) is 15.6. The maximum Gasteiger partial charge on any atom is 0.153 e. The number of hydrogen-bond acceptors (Lipinski definition) is 3. The Morgan fingerprint density at radius 2 is 1.93 bits per heavy atom. The number of benzene rings is 1. The Labute approximate surface area is 158 Å². The van der Waals surface area contributed by atoms with Crippen LogP contribution in [-0.2, 0) is 6.54 Å². The van der Waals surface area contributed by atoms with E-state index in [1.807, 2.05) is 35.0 Å². The fourth-order valence-electron chi connectivity index (χ4n) is 3.81. The van der Waals surface area contributed by atoms with Crippen LogP contribution in [0.2, 0.25) is 0 Å². The Balaban J connectivity index is 1.45. The van der Waals surface area contributed by atoms with Gasteiger partial charge in [0.15, 0.2) is 5.82 Å². The van der Waals surface area contributed by atoms with Crippen molar-refractivity contribution in [3.63, 3.8) is 0 Å². The topological polar surface area (TPSA) is 42.7 Å². The van der Waals surface area contributed by atoms with E-state index in [1.165, 1.54) is 17.7 Å². The van der Waals surface area contributed by atoms with Crippen molar-refractivity contribution in [2.45, 2.75) is 38.8 Å². The van der Waals surface area contributed by atoms with Crippen LogP contribution >= 0.6 is 0 Å². The average Bonchev–Trinajstić information content (AvgIpc) is 3.26. The van der Waals surface area contributed by atoms with E-state index >= 15 is 0 Å². The van der Waals surface area contributed by atoms with Gasteiger partial charge in [0.25, 0.3) is 0 Å². The molecule has 138 valence electrons. The molecule has 4 rings (SSSR count). The summed E-state index contributed by atoms with van der Waals surface area (Å²) < 4.78 is 15.0. The van der Waals surface area contributed by atoms with E-state index in [0.29, 0.717) is 12.0 Å². The number of nitrogens with zero attached hydrogens (tertiary/aromatic N) is 3. The number of hydrogen-bond donors (Lipinski definition) is 1. The Morgan fingerprint density at radius 3 is 2.67 bits per heavy atom. The van der Waals surface area contributed by atoms with Gasteiger partial charge in [0, 0.05) is 36.0 Å². The van der Waals surface area contributed by atoms with Crippen LogP contribution < -0.4 is 5.32 Å². The summed E-state index contributed by atoms with van der Waals surface area (Å²) in [6, 6.07) is 12.8. The van der Waals surface area contributed by atoms with Crippen LogP contribution in [0.15, 0.2) is 60.8 Å². The number of nitrogens with one attached hydrogen (secondary N) is 1. The molecule has 1 N–H and O–H groups in total. The third kappa shape index (κ3) is 3.69. The summed E-state index contributed by atoms with van der Waals surface area (Å²) in [4.78, 5) is 4.42. The molecule has 2 heterocycles. The van der Waals surface area contributed by atoms with Crippen LogP contribution in [0.1, 0.15) is 34.9 Å². The highest BCUT2D eigenvalue weighted by molar-refractivity contribution is 5.38. The zero-order chi connectivity index (χ0) is 18.8. The van der Waals surface area contributed by atoms with Gasteiger partial charge in [-0.1, -0.05) is 30.4 Å². The Hall–Kier alpha value is -2.79. The second-order valence-corrected chi connectivity index (χ2v) is 7.03.